The van der Waals surface area contributed by atoms with E-state index in [1.807, 2.05) is 0 Å². The second kappa shape index (κ2) is 18.2. The lowest BCUT2D eigenvalue weighted by molar-refractivity contribution is -0.137. The molecule has 7 nitrogen and oxygen atoms in total. The summed E-state index contributed by atoms with van der Waals surface area (Å²) in [5.74, 6) is -0.653. The quantitative estimate of drug-likeness (QED) is 0.143. The molecular formula is C20H37F6NO6S2. The van der Waals surface area contributed by atoms with E-state index in [4.69, 9.17) is 5.11 Å². The summed E-state index contributed by atoms with van der Waals surface area (Å²) in [5, 5.41) is 8.52. The Kier molecular flexibility index (Phi) is 18.8. The lowest BCUT2D eigenvalue weighted by Crippen LogP contribution is -2.45. The highest BCUT2D eigenvalue weighted by molar-refractivity contribution is 8.05. The number of halogens is 6. The molecule has 0 heterocycles. The number of hydrogen-bond donors (Lipinski definition) is 2. The Morgan fingerprint density at radius 3 is 1.09 bits per heavy atom. The molecule has 35 heavy (non-hydrogen) atoms. The first-order chi connectivity index (χ1) is 16.0. The smallest absolute Gasteiger partial charge is 0.481 e. The topological polar surface area (TPSA) is 118 Å². The minimum Gasteiger partial charge on any atom is -0.481 e. The number of rotatable bonds is 18. The third-order valence-corrected chi connectivity index (χ3v) is 7.80. The molecule has 0 fully saturated rings. The molecule has 0 saturated carbocycles. The minimum absolute atomic E-state index is 0.345. The van der Waals surface area contributed by atoms with E-state index < -0.39 is 41.2 Å². The zero-order chi connectivity index (χ0) is 27.6. The second-order valence-electron chi connectivity index (χ2n) is 8.08. The van der Waals surface area contributed by atoms with Crippen LogP contribution in [0, 0.1) is 0 Å². The number of sulfonamides is 2. The van der Waals surface area contributed by atoms with Gasteiger partial charge in [0.1, 0.15) is 0 Å². The Morgan fingerprint density at radius 1 is 0.600 bits per heavy atom. The van der Waals surface area contributed by atoms with Gasteiger partial charge >= 0.3 is 37.0 Å². The van der Waals surface area contributed by atoms with Crippen LogP contribution in [0.4, 0.5) is 26.3 Å². The molecule has 0 spiro atoms. The highest BCUT2D eigenvalue weighted by Gasteiger charge is 2.55. The standard InChI is InChI=1S/C18H36O2.C2HF6NO4S2/c1-2-3-4-5-6-7-8-9-10-11-12-13-14-15-16-17-18(19)20;3-1(4,5)14(10,11)9-15(12,13)2(6,7)8/h2-17H2,1H3,(H,19,20);9H. The molecule has 0 radical (unpaired) electrons. The van der Waals surface area contributed by atoms with E-state index in [2.05, 4.69) is 6.92 Å². The fourth-order valence-electron chi connectivity index (χ4n) is 2.89. The van der Waals surface area contributed by atoms with Crippen LogP contribution < -0.4 is 4.13 Å². The van der Waals surface area contributed by atoms with Crippen LogP contribution in [0.25, 0.3) is 0 Å². The SMILES string of the molecule is CCCCCCCCCCCCCCCCCC(=O)O.O=S(=O)(NS(=O)(=O)C(F)(F)F)C(F)(F)F. The van der Waals surface area contributed by atoms with Crippen molar-refractivity contribution in [2.45, 2.75) is 121 Å². The molecule has 212 valence electrons. The molecule has 0 bridgehead atoms. The lowest BCUT2D eigenvalue weighted by atomic mass is 10.0. The van der Waals surface area contributed by atoms with Gasteiger partial charge in [0.05, 0.1) is 0 Å². The van der Waals surface area contributed by atoms with E-state index in [1.165, 1.54) is 83.5 Å². The third-order valence-electron chi connectivity index (χ3n) is 4.82. The average Bonchev–Trinajstić information content (AvgIpc) is 2.68. The number of aliphatic carboxylic acids is 1. The summed E-state index contributed by atoms with van der Waals surface area (Å²) in [5.41, 5.74) is -12.3. The number of carboxylic acids is 1. The molecule has 0 aliphatic heterocycles. The minimum atomic E-state index is -6.60. The molecule has 0 saturated heterocycles. The Morgan fingerprint density at radius 2 is 0.857 bits per heavy atom. The van der Waals surface area contributed by atoms with Crippen LogP contribution in [0.1, 0.15) is 110 Å². The zero-order valence-electron chi connectivity index (χ0n) is 19.9. The van der Waals surface area contributed by atoms with Gasteiger partial charge in [0.15, 0.2) is 0 Å². The normalized spacial score (nSPS) is 12.8. The molecule has 0 aromatic heterocycles. The van der Waals surface area contributed by atoms with E-state index in [0.717, 1.165) is 12.8 Å². The van der Waals surface area contributed by atoms with Gasteiger partial charge in [0, 0.05) is 6.42 Å². The van der Waals surface area contributed by atoms with Crippen LogP contribution >= 0.6 is 0 Å². The predicted molar refractivity (Wildman–Crippen MR) is 120 cm³/mol. The summed E-state index contributed by atoms with van der Waals surface area (Å²) in [6.07, 6.45) is 20.2. The van der Waals surface area contributed by atoms with Crippen molar-refractivity contribution >= 4 is 26.0 Å². The summed E-state index contributed by atoms with van der Waals surface area (Å²) < 4.78 is 108. The van der Waals surface area contributed by atoms with Gasteiger partial charge in [-0.05, 0) is 6.42 Å². The Hall–Kier alpha value is -1.09. The van der Waals surface area contributed by atoms with E-state index >= 15 is 0 Å². The summed E-state index contributed by atoms with van der Waals surface area (Å²) in [6.45, 7) is 2.27. The lowest BCUT2D eigenvalue weighted by Gasteiger charge is -2.11. The van der Waals surface area contributed by atoms with Crippen LogP contribution in [0.15, 0.2) is 0 Å². The van der Waals surface area contributed by atoms with Crippen LogP contribution in [0.2, 0.25) is 0 Å². The summed E-state index contributed by atoms with van der Waals surface area (Å²) in [4.78, 5) is 10.3. The molecule has 0 aliphatic carbocycles. The van der Waals surface area contributed by atoms with Crippen molar-refractivity contribution in [1.29, 1.82) is 0 Å². The van der Waals surface area contributed by atoms with Crippen LogP contribution in [0.5, 0.6) is 0 Å². The van der Waals surface area contributed by atoms with Crippen molar-refractivity contribution in [1.82, 2.24) is 4.13 Å². The molecule has 0 atom stereocenters. The van der Waals surface area contributed by atoms with Crippen LogP contribution in [-0.2, 0) is 24.8 Å². The highest BCUT2D eigenvalue weighted by atomic mass is 32.3. The van der Waals surface area contributed by atoms with Gasteiger partial charge in [-0.3, -0.25) is 4.79 Å². The first-order valence-electron chi connectivity index (χ1n) is 11.6. The van der Waals surface area contributed by atoms with Crippen molar-refractivity contribution in [3.8, 4) is 0 Å². The molecule has 15 heteroatoms. The number of nitrogens with one attached hydrogen (secondary N) is 1. The monoisotopic (exact) mass is 565 g/mol. The van der Waals surface area contributed by atoms with Crippen molar-refractivity contribution in [2.24, 2.45) is 0 Å². The first-order valence-corrected chi connectivity index (χ1v) is 14.6. The maximum absolute atomic E-state index is 11.5. The van der Waals surface area contributed by atoms with Crippen LogP contribution in [-0.4, -0.2) is 38.9 Å². The van der Waals surface area contributed by atoms with Crippen molar-refractivity contribution in [2.75, 3.05) is 0 Å². The Balaban J connectivity index is 0. The van der Waals surface area contributed by atoms with Gasteiger partial charge in [-0.2, -0.15) is 26.3 Å². The number of carbonyl (C=O) groups is 1. The summed E-state index contributed by atoms with van der Waals surface area (Å²) in [7, 11) is -13.2. The highest BCUT2D eigenvalue weighted by Crippen LogP contribution is 2.27. The van der Waals surface area contributed by atoms with Gasteiger partial charge in [-0.15, -0.1) is 0 Å². The first kappa shape index (κ1) is 36.1. The van der Waals surface area contributed by atoms with Crippen molar-refractivity contribution in [3.63, 3.8) is 0 Å². The van der Waals surface area contributed by atoms with Gasteiger partial charge in [-0.1, -0.05) is 101 Å². The second-order valence-corrected chi connectivity index (χ2v) is 11.7. The molecule has 0 unspecified atom stereocenters. The fourth-order valence-corrected chi connectivity index (χ4v) is 4.80. The number of unbranched alkanes of at least 4 members (excludes halogenated alkanes) is 14. The predicted octanol–water partition coefficient (Wildman–Crippen LogP) is 6.61. The van der Waals surface area contributed by atoms with Crippen molar-refractivity contribution < 1.29 is 53.1 Å². The van der Waals surface area contributed by atoms with E-state index in [0.29, 0.717) is 6.42 Å². The molecule has 0 aromatic rings. The van der Waals surface area contributed by atoms with Gasteiger partial charge < -0.3 is 5.11 Å². The van der Waals surface area contributed by atoms with Gasteiger partial charge in [0.25, 0.3) is 0 Å². The molecular weight excluding hydrogens is 528 g/mol. The number of alkyl halides is 6. The molecule has 0 aromatic carbocycles. The molecule has 0 amide bonds. The maximum atomic E-state index is 11.5. The van der Waals surface area contributed by atoms with Crippen molar-refractivity contribution in [3.05, 3.63) is 0 Å². The van der Waals surface area contributed by atoms with Gasteiger partial charge in [-0.25, -0.2) is 16.8 Å². The Labute approximate surface area is 204 Å². The molecule has 0 rings (SSSR count). The molecule has 2 N–H and O–H groups in total. The molecule has 0 aliphatic rings. The number of carboxylic acid groups (broad SMARTS) is 1. The zero-order valence-corrected chi connectivity index (χ0v) is 21.5. The summed E-state index contributed by atoms with van der Waals surface area (Å²) >= 11 is 0. The largest absolute Gasteiger partial charge is 0.512 e. The van der Waals surface area contributed by atoms with E-state index in [9.17, 15) is 48.0 Å². The van der Waals surface area contributed by atoms with E-state index in [1.54, 1.807) is 0 Å². The Bertz CT molecular complexity index is 726. The number of hydrogen-bond acceptors (Lipinski definition) is 5. The maximum Gasteiger partial charge on any atom is 0.512 e. The van der Waals surface area contributed by atoms with Crippen LogP contribution in [0.3, 0.4) is 0 Å². The summed E-state index contributed by atoms with van der Waals surface area (Å²) in [6, 6.07) is 0. The van der Waals surface area contributed by atoms with Gasteiger partial charge in [0.2, 0.25) is 0 Å². The van der Waals surface area contributed by atoms with E-state index in [-0.39, 0.29) is 0 Å². The average molecular weight is 566 g/mol. The third kappa shape index (κ3) is 19.7. The fraction of sp³-hybridized carbons (Fsp3) is 0.950.